The predicted octanol–water partition coefficient (Wildman–Crippen LogP) is 2.78. The fourth-order valence-electron chi connectivity index (χ4n) is 1.56. The summed E-state index contributed by atoms with van der Waals surface area (Å²) in [7, 11) is -4.30. The van der Waals surface area contributed by atoms with Crippen LogP contribution in [0.4, 0.5) is 0 Å². The average Bonchev–Trinajstić information content (AvgIpc) is 2.30. The van der Waals surface area contributed by atoms with Gasteiger partial charge < -0.3 is 14.5 Å². The molecule has 0 aromatic carbocycles. The molecule has 0 unspecified atom stereocenters. The molecule has 0 aliphatic heterocycles. The molecule has 0 saturated carbocycles. The van der Waals surface area contributed by atoms with E-state index in [9.17, 15) is 9.36 Å². The fourth-order valence-corrected chi connectivity index (χ4v) is 1.92. The van der Waals surface area contributed by atoms with Gasteiger partial charge in [-0.25, -0.2) is 4.57 Å². The second-order valence-electron chi connectivity index (χ2n) is 4.42. The van der Waals surface area contributed by atoms with Gasteiger partial charge in [-0.2, -0.15) is 0 Å². The highest BCUT2D eigenvalue weighted by Crippen LogP contribution is 2.35. The van der Waals surface area contributed by atoms with Crippen LogP contribution in [0.5, 0.6) is 0 Å². The van der Waals surface area contributed by atoms with E-state index in [1.807, 2.05) is 6.92 Å². The van der Waals surface area contributed by atoms with Crippen molar-refractivity contribution in [1.29, 1.82) is 0 Å². The molecule has 0 aliphatic rings. The summed E-state index contributed by atoms with van der Waals surface area (Å²) in [6.07, 6.45) is 6.73. The third-order valence-corrected chi connectivity index (χ3v) is 3.03. The molecule has 0 bridgehead atoms. The summed E-state index contributed by atoms with van der Waals surface area (Å²) in [5, 5.41) is 0. The van der Waals surface area contributed by atoms with Crippen LogP contribution < -0.4 is 0 Å². The number of phosphoric ester groups is 1. The van der Waals surface area contributed by atoms with Crippen LogP contribution in [-0.2, 0) is 18.6 Å². The zero-order valence-electron chi connectivity index (χ0n) is 11.5. The van der Waals surface area contributed by atoms with Gasteiger partial charge in [0.15, 0.2) is 0 Å². The van der Waals surface area contributed by atoms with Crippen molar-refractivity contribution in [2.24, 2.45) is 0 Å². The fraction of sp³-hybridized carbons (Fsp3) is 0.917. The Morgan fingerprint density at radius 2 is 1.53 bits per heavy atom. The lowest BCUT2D eigenvalue weighted by molar-refractivity contribution is -0.143. The molecule has 0 saturated heterocycles. The van der Waals surface area contributed by atoms with E-state index in [1.54, 1.807) is 0 Å². The zero-order valence-corrected chi connectivity index (χ0v) is 12.4. The summed E-state index contributed by atoms with van der Waals surface area (Å²) in [4.78, 5) is 27.9. The third-order valence-electron chi connectivity index (χ3n) is 2.52. The first-order chi connectivity index (χ1) is 8.95. The van der Waals surface area contributed by atoms with E-state index in [0.29, 0.717) is 19.4 Å². The molecule has 6 nitrogen and oxygen atoms in total. The van der Waals surface area contributed by atoms with Gasteiger partial charge in [-0.15, -0.1) is 0 Å². The number of phosphoric acid groups is 1. The molecule has 0 radical (unpaired) electrons. The first kappa shape index (κ1) is 18.6. The van der Waals surface area contributed by atoms with Gasteiger partial charge >= 0.3 is 13.8 Å². The normalized spacial score (nSPS) is 11.5. The molecule has 0 rings (SSSR count). The molecular formula is C12H25O6P. The summed E-state index contributed by atoms with van der Waals surface area (Å²) < 4.78 is 19.7. The third kappa shape index (κ3) is 15.5. The van der Waals surface area contributed by atoms with Crippen molar-refractivity contribution in [2.45, 2.75) is 58.3 Å². The van der Waals surface area contributed by atoms with Gasteiger partial charge in [0.1, 0.15) is 0 Å². The van der Waals surface area contributed by atoms with Crippen molar-refractivity contribution in [1.82, 2.24) is 0 Å². The molecule has 0 atom stereocenters. The predicted molar refractivity (Wildman–Crippen MR) is 71.6 cm³/mol. The number of hydrogen-bond acceptors (Lipinski definition) is 4. The number of hydrogen-bond donors (Lipinski definition) is 2. The second-order valence-corrected chi connectivity index (χ2v) is 5.65. The lowest BCUT2D eigenvalue weighted by Gasteiger charge is -2.05. The Morgan fingerprint density at radius 3 is 2.05 bits per heavy atom. The number of rotatable bonds is 12. The van der Waals surface area contributed by atoms with E-state index in [1.165, 1.54) is 0 Å². The van der Waals surface area contributed by atoms with Crippen LogP contribution in [0.2, 0.25) is 0 Å². The molecule has 0 spiro atoms. The summed E-state index contributed by atoms with van der Waals surface area (Å²) in [5.74, 6) is -0.128. The van der Waals surface area contributed by atoms with Crippen LogP contribution in [0.25, 0.3) is 0 Å². The van der Waals surface area contributed by atoms with E-state index in [-0.39, 0.29) is 12.6 Å². The highest BCUT2D eigenvalue weighted by molar-refractivity contribution is 7.46. The van der Waals surface area contributed by atoms with Gasteiger partial charge in [0.2, 0.25) is 0 Å². The van der Waals surface area contributed by atoms with Crippen LogP contribution in [0.15, 0.2) is 0 Å². The van der Waals surface area contributed by atoms with Crippen molar-refractivity contribution in [2.75, 3.05) is 13.2 Å². The molecule has 7 heteroatoms. The molecule has 114 valence electrons. The molecule has 0 amide bonds. The number of carbonyl (C=O) groups is 1. The lowest BCUT2D eigenvalue weighted by atomic mass is 10.1. The van der Waals surface area contributed by atoms with Crippen LogP contribution >= 0.6 is 7.82 Å². The van der Waals surface area contributed by atoms with E-state index >= 15 is 0 Å². The topological polar surface area (TPSA) is 93.1 Å². The first-order valence-electron chi connectivity index (χ1n) is 6.81. The standard InChI is InChI=1S/C12H25O6P/c1-2-9-12(13)17-10-7-5-3-4-6-8-11-18-19(14,15)16/h2-11H2,1H3,(H2,14,15,16). The highest BCUT2D eigenvalue weighted by Gasteiger charge is 2.12. The molecular weight excluding hydrogens is 271 g/mol. The van der Waals surface area contributed by atoms with Crippen LogP contribution in [0.3, 0.4) is 0 Å². The van der Waals surface area contributed by atoms with Crippen molar-refractivity contribution >= 4 is 13.8 Å². The Labute approximate surface area is 114 Å². The zero-order chi connectivity index (χ0) is 14.6. The van der Waals surface area contributed by atoms with Gasteiger partial charge in [-0.1, -0.05) is 32.6 Å². The van der Waals surface area contributed by atoms with Gasteiger partial charge in [-0.05, 0) is 19.3 Å². The Balaban J connectivity index is 3.15. The molecule has 0 aliphatic carbocycles. The Bertz CT molecular complexity index is 275. The SMILES string of the molecule is CCCC(=O)OCCCCCCCCOP(=O)(O)O. The summed E-state index contributed by atoms with van der Waals surface area (Å²) in [6.45, 7) is 2.52. The Morgan fingerprint density at radius 1 is 1.00 bits per heavy atom. The highest BCUT2D eigenvalue weighted by atomic mass is 31.2. The Hall–Kier alpha value is -0.420. The molecule has 19 heavy (non-hydrogen) atoms. The summed E-state index contributed by atoms with van der Waals surface area (Å²) in [5.41, 5.74) is 0. The summed E-state index contributed by atoms with van der Waals surface area (Å²) in [6, 6.07) is 0. The van der Waals surface area contributed by atoms with Crippen LogP contribution in [0, 0.1) is 0 Å². The van der Waals surface area contributed by atoms with E-state index in [0.717, 1.165) is 38.5 Å². The molecule has 0 aromatic heterocycles. The van der Waals surface area contributed by atoms with Gasteiger partial charge in [-0.3, -0.25) is 9.32 Å². The Kier molecular flexibility index (Phi) is 11.2. The molecule has 0 aromatic rings. The second kappa shape index (κ2) is 11.4. The maximum Gasteiger partial charge on any atom is 0.469 e. The van der Waals surface area contributed by atoms with Crippen molar-refractivity contribution < 1.29 is 28.4 Å². The number of unbranched alkanes of at least 4 members (excludes halogenated alkanes) is 5. The van der Waals surface area contributed by atoms with Crippen LogP contribution in [0.1, 0.15) is 58.3 Å². The van der Waals surface area contributed by atoms with Crippen molar-refractivity contribution in [3.05, 3.63) is 0 Å². The maximum atomic E-state index is 11.0. The molecule has 0 heterocycles. The maximum absolute atomic E-state index is 11.0. The monoisotopic (exact) mass is 296 g/mol. The average molecular weight is 296 g/mol. The van der Waals surface area contributed by atoms with E-state index < -0.39 is 7.82 Å². The van der Waals surface area contributed by atoms with Crippen molar-refractivity contribution in [3.63, 3.8) is 0 Å². The number of esters is 1. The first-order valence-corrected chi connectivity index (χ1v) is 8.34. The van der Waals surface area contributed by atoms with Gasteiger partial charge in [0.25, 0.3) is 0 Å². The van der Waals surface area contributed by atoms with E-state index in [4.69, 9.17) is 14.5 Å². The summed E-state index contributed by atoms with van der Waals surface area (Å²) >= 11 is 0. The quantitative estimate of drug-likeness (QED) is 0.327. The smallest absolute Gasteiger partial charge is 0.466 e. The minimum Gasteiger partial charge on any atom is -0.466 e. The minimum atomic E-state index is -4.30. The van der Waals surface area contributed by atoms with Crippen LogP contribution in [-0.4, -0.2) is 29.0 Å². The minimum absolute atomic E-state index is 0.0961. The lowest BCUT2D eigenvalue weighted by Crippen LogP contribution is -2.04. The largest absolute Gasteiger partial charge is 0.469 e. The van der Waals surface area contributed by atoms with Crippen molar-refractivity contribution in [3.8, 4) is 0 Å². The van der Waals surface area contributed by atoms with Gasteiger partial charge in [0.05, 0.1) is 13.2 Å². The molecule has 2 N–H and O–H groups in total. The van der Waals surface area contributed by atoms with E-state index in [2.05, 4.69) is 4.52 Å². The van der Waals surface area contributed by atoms with Gasteiger partial charge in [0, 0.05) is 6.42 Å². The number of ether oxygens (including phenoxy) is 1. The molecule has 0 fully saturated rings. The number of carbonyl (C=O) groups excluding carboxylic acids is 1.